The smallest absolute Gasteiger partial charge is 0.367 e. The molecule has 1 aliphatic rings. The third-order valence-electron chi connectivity index (χ3n) is 4.62. The number of hydrogen-bond acceptors (Lipinski definition) is 4. The van der Waals surface area contributed by atoms with E-state index in [2.05, 4.69) is 4.98 Å². The Labute approximate surface area is 157 Å². The standard InChI is InChI=1S/C19H16F3N3OS/c20-19(21,22)17-12-15(13-4-1-2-5-14(13)23-17)24-7-9-25(10-8-24)18(26)16-6-3-11-27-16/h1-6,11-12H,7-10H2. The van der Waals surface area contributed by atoms with Gasteiger partial charge >= 0.3 is 6.18 Å². The highest BCUT2D eigenvalue weighted by Crippen LogP contribution is 2.35. The molecule has 1 amide bonds. The number of fused-ring (bicyclic) bond motifs is 1. The number of alkyl halides is 3. The number of amides is 1. The van der Waals surface area contributed by atoms with E-state index in [0.717, 1.165) is 6.07 Å². The predicted octanol–water partition coefficient (Wildman–Crippen LogP) is 4.28. The molecule has 0 spiro atoms. The topological polar surface area (TPSA) is 36.4 Å². The van der Waals surface area contributed by atoms with Crippen molar-refractivity contribution in [3.63, 3.8) is 0 Å². The van der Waals surface area contributed by atoms with Gasteiger partial charge in [0, 0.05) is 37.3 Å². The lowest BCUT2D eigenvalue weighted by Gasteiger charge is -2.36. The molecular weight excluding hydrogens is 375 g/mol. The van der Waals surface area contributed by atoms with Crippen molar-refractivity contribution < 1.29 is 18.0 Å². The van der Waals surface area contributed by atoms with Crippen molar-refractivity contribution in [2.75, 3.05) is 31.1 Å². The number of hydrogen-bond donors (Lipinski definition) is 0. The van der Waals surface area contributed by atoms with Crippen LogP contribution in [0.3, 0.4) is 0 Å². The molecule has 0 N–H and O–H groups in total. The fraction of sp³-hybridized carbons (Fsp3) is 0.263. The van der Waals surface area contributed by atoms with Crippen LogP contribution in [0.15, 0.2) is 47.8 Å². The van der Waals surface area contributed by atoms with Crippen LogP contribution in [-0.2, 0) is 6.18 Å². The molecule has 27 heavy (non-hydrogen) atoms. The second kappa shape index (κ2) is 6.84. The number of para-hydroxylation sites is 1. The summed E-state index contributed by atoms with van der Waals surface area (Å²) in [5.74, 6) is -0.0276. The van der Waals surface area contributed by atoms with Crippen LogP contribution in [0, 0.1) is 0 Å². The summed E-state index contributed by atoms with van der Waals surface area (Å²) in [6.45, 7) is 1.88. The molecule has 4 nitrogen and oxygen atoms in total. The Morgan fingerprint density at radius 2 is 1.78 bits per heavy atom. The van der Waals surface area contributed by atoms with E-state index in [4.69, 9.17) is 0 Å². The summed E-state index contributed by atoms with van der Waals surface area (Å²) in [6, 6.07) is 11.6. The molecule has 140 valence electrons. The average molecular weight is 391 g/mol. The number of aromatic nitrogens is 1. The summed E-state index contributed by atoms with van der Waals surface area (Å²) in [5, 5.41) is 2.54. The van der Waals surface area contributed by atoms with Gasteiger partial charge in [-0.05, 0) is 23.6 Å². The fourth-order valence-corrected chi connectivity index (χ4v) is 3.96. The number of carbonyl (C=O) groups excluding carboxylic acids is 1. The third kappa shape index (κ3) is 3.49. The van der Waals surface area contributed by atoms with Crippen molar-refractivity contribution in [2.45, 2.75) is 6.18 Å². The quantitative estimate of drug-likeness (QED) is 0.654. The second-order valence-electron chi connectivity index (χ2n) is 6.30. The van der Waals surface area contributed by atoms with E-state index in [9.17, 15) is 18.0 Å². The van der Waals surface area contributed by atoms with Crippen molar-refractivity contribution in [3.8, 4) is 0 Å². The van der Waals surface area contributed by atoms with Crippen molar-refractivity contribution >= 4 is 33.8 Å². The van der Waals surface area contributed by atoms with Gasteiger partial charge in [-0.3, -0.25) is 4.79 Å². The highest BCUT2D eigenvalue weighted by Gasteiger charge is 2.34. The van der Waals surface area contributed by atoms with Crippen LogP contribution in [0.4, 0.5) is 18.9 Å². The molecule has 8 heteroatoms. The monoisotopic (exact) mass is 391 g/mol. The summed E-state index contributed by atoms with van der Waals surface area (Å²) in [7, 11) is 0. The van der Waals surface area contributed by atoms with Crippen LogP contribution in [0.2, 0.25) is 0 Å². The van der Waals surface area contributed by atoms with E-state index in [1.54, 1.807) is 35.2 Å². The van der Waals surface area contributed by atoms with Crippen LogP contribution in [0.25, 0.3) is 10.9 Å². The first kappa shape index (κ1) is 17.8. The fourth-order valence-electron chi connectivity index (χ4n) is 3.27. The zero-order valence-electron chi connectivity index (χ0n) is 14.2. The third-order valence-corrected chi connectivity index (χ3v) is 5.48. The summed E-state index contributed by atoms with van der Waals surface area (Å²) in [6.07, 6.45) is -4.50. The minimum atomic E-state index is -4.50. The van der Waals surface area contributed by atoms with E-state index in [1.807, 2.05) is 16.3 Å². The Kier molecular flexibility index (Phi) is 4.51. The number of thiophene rings is 1. The van der Waals surface area contributed by atoms with Crippen LogP contribution < -0.4 is 4.90 Å². The zero-order valence-corrected chi connectivity index (χ0v) is 15.1. The minimum Gasteiger partial charge on any atom is -0.367 e. The summed E-state index contributed by atoms with van der Waals surface area (Å²) in [5.41, 5.74) is -0.0659. The molecular formula is C19H16F3N3OS. The maximum absolute atomic E-state index is 13.3. The van der Waals surface area contributed by atoms with Gasteiger partial charge in [-0.15, -0.1) is 11.3 Å². The number of rotatable bonds is 2. The van der Waals surface area contributed by atoms with Crippen molar-refractivity contribution in [3.05, 3.63) is 58.4 Å². The van der Waals surface area contributed by atoms with Crippen LogP contribution in [0.1, 0.15) is 15.4 Å². The number of piperazine rings is 1. The number of pyridine rings is 1. The van der Waals surface area contributed by atoms with Crippen LogP contribution in [-0.4, -0.2) is 42.0 Å². The van der Waals surface area contributed by atoms with E-state index >= 15 is 0 Å². The van der Waals surface area contributed by atoms with Gasteiger partial charge in [0.05, 0.1) is 10.4 Å². The van der Waals surface area contributed by atoms with Gasteiger partial charge in [-0.1, -0.05) is 24.3 Å². The van der Waals surface area contributed by atoms with Gasteiger partial charge in [0.15, 0.2) is 0 Å². The second-order valence-corrected chi connectivity index (χ2v) is 7.25. The lowest BCUT2D eigenvalue weighted by molar-refractivity contribution is -0.140. The van der Waals surface area contributed by atoms with Gasteiger partial charge in [0.2, 0.25) is 0 Å². The highest BCUT2D eigenvalue weighted by molar-refractivity contribution is 7.12. The largest absolute Gasteiger partial charge is 0.433 e. The molecule has 0 radical (unpaired) electrons. The van der Waals surface area contributed by atoms with Crippen molar-refractivity contribution in [1.82, 2.24) is 9.88 Å². The predicted molar refractivity (Wildman–Crippen MR) is 99.2 cm³/mol. The van der Waals surface area contributed by atoms with Crippen LogP contribution >= 0.6 is 11.3 Å². The van der Waals surface area contributed by atoms with Gasteiger partial charge in [-0.2, -0.15) is 13.2 Å². The minimum absolute atomic E-state index is 0.0276. The van der Waals surface area contributed by atoms with Crippen LogP contribution in [0.5, 0.6) is 0 Å². The Bertz CT molecular complexity index is 964. The molecule has 0 unspecified atom stereocenters. The number of benzene rings is 1. The molecule has 1 aliphatic heterocycles. The molecule has 1 aromatic carbocycles. The first-order chi connectivity index (χ1) is 12.9. The average Bonchev–Trinajstić information content (AvgIpc) is 3.21. The summed E-state index contributed by atoms with van der Waals surface area (Å²) in [4.78, 5) is 20.5. The molecule has 4 rings (SSSR count). The van der Waals surface area contributed by atoms with Crippen molar-refractivity contribution in [2.24, 2.45) is 0 Å². The lowest BCUT2D eigenvalue weighted by Crippen LogP contribution is -2.48. The van der Waals surface area contributed by atoms with E-state index < -0.39 is 11.9 Å². The van der Waals surface area contributed by atoms with Gasteiger partial charge in [0.1, 0.15) is 5.69 Å². The Hall–Kier alpha value is -2.61. The van der Waals surface area contributed by atoms with Gasteiger partial charge < -0.3 is 9.80 Å². The summed E-state index contributed by atoms with van der Waals surface area (Å²) >= 11 is 1.39. The molecule has 0 atom stereocenters. The normalized spacial score (nSPS) is 15.4. The molecule has 0 aliphatic carbocycles. The molecule has 0 saturated carbocycles. The molecule has 3 heterocycles. The molecule has 2 aromatic heterocycles. The van der Waals surface area contributed by atoms with Gasteiger partial charge in [-0.25, -0.2) is 4.98 Å². The Morgan fingerprint density at radius 3 is 2.44 bits per heavy atom. The van der Waals surface area contributed by atoms with E-state index in [0.29, 0.717) is 47.6 Å². The number of nitrogens with zero attached hydrogens (tertiary/aromatic N) is 3. The van der Waals surface area contributed by atoms with E-state index in [1.165, 1.54) is 11.3 Å². The van der Waals surface area contributed by atoms with Gasteiger partial charge in [0.25, 0.3) is 5.91 Å². The lowest BCUT2D eigenvalue weighted by atomic mass is 10.1. The first-order valence-corrected chi connectivity index (χ1v) is 9.36. The number of carbonyl (C=O) groups is 1. The zero-order chi connectivity index (χ0) is 19.0. The Balaban J connectivity index is 1.61. The molecule has 3 aromatic rings. The van der Waals surface area contributed by atoms with E-state index in [-0.39, 0.29) is 5.91 Å². The van der Waals surface area contributed by atoms with Crippen molar-refractivity contribution in [1.29, 1.82) is 0 Å². The number of anilines is 1. The molecule has 1 fully saturated rings. The maximum atomic E-state index is 13.3. The number of halogens is 3. The summed E-state index contributed by atoms with van der Waals surface area (Å²) < 4.78 is 39.8. The Morgan fingerprint density at radius 1 is 1.04 bits per heavy atom. The first-order valence-electron chi connectivity index (χ1n) is 8.48. The molecule has 0 bridgehead atoms. The highest BCUT2D eigenvalue weighted by atomic mass is 32.1. The molecule has 1 saturated heterocycles. The maximum Gasteiger partial charge on any atom is 0.433 e. The SMILES string of the molecule is O=C(c1cccs1)N1CCN(c2cc(C(F)(F)F)nc3ccccc23)CC1.